The topological polar surface area (TPSA) is 108 Å². The summed E-state index contributed by atoms with van der Waals surface area (Å²) in [5.41, 5.74) is 0.272. The highest BCUT2D eigenvalue weighted by Gasteiger charge is 2.28. The van der Waals surface area contributed by atoms with Crippen molar-refractivity contribution in [2.24, 2.45) is 0 Å². The lowest BCUT2D eigenvalue weighted by Gasteiger charge is -2.04. The molecule has 1 aliphatic rings. The van der Waals surface area contributed by atoms with Gasteiger partial charge in [-0.25, -0.2) is 9.78 Å². The summed E-state index contributed by atoms with van der Waals surface area (Å²) >= 11 is 5.83. The molecule has 21 heavy (non-hydrogen) atoms. The van der Waals surface area contributed by atoms with Crippen LogP contribution in [0.15, 0.2) is 18.2 Å². The molecule has 0 radical (unpaired) electrons. The number of carbonyl (C=O) groups excluding carboxylic acids is 1. The monoisotopic (exact) mass is 306 g/mol. The Hall–Kier alpha value is -2.41. The quantitative estimate of drug-likeness (QED) is 0.803. The highest BCUT2D eigenvalue weighted by Crippen LogP contribution is 2.37. The number of nitrogens with zero attached hydrogens (tertiary/aromatic N) is 2. The number of anilines is 1. The van der Waals surface area contributed by atoms with Gasteiger partial charge in [-0.3, -0.25) is 9.89 Å². The van der Waals surface area contributed by atoms with Gasteiger partial charge in [-0.1, -0.05) is 11.6 Å². The molecule has 1 amide bonds. The van der Waals surface area contributed by atoms with Gasteiger partial charge < -0.3 is 10.4 Å². The molecule has 1 fully saturated rings. The molecule has 2 aromatic rings. The van der Waals surface area contributed by atoms with Crippen molar-refractivity contribution in [3.63, 3.8) is 0 Å². The van der Waals surface area contributed by atoms with Crippen LogP contribution < -0.4 is 5.32 Å². The molecule has 7 nitrogen and oxygen atoms in total. The molecule has 3 rings (SSSR count). The molecular formula is C13H11ClN4O3. The predicted molar refractivity (Wildman–Crippen MR) is 74.7 cm³/mol. The smallest absolute Gasteiger partial charge is 0.335 e. The Balaban J connectivity index is 1.78. The zero-order valence-corrected chi connectivity index (χ0v) is 11.5. The van der Waals surface area contributed by atoms with E-state index in [2.05, 4.69) is 20.5 Å². The first-order valence-corrected chi connectivity index (χ1v) is 6.68. The molecule has 8 heteroatoms. The molecule has 0 spiro atoms. The third-order valence-corrected chi connectivity index (χ3v) is 3.29. The first-order valence-electron chi connectivity index (χ1n) is 6.30. The fourth-order valence-corrected chi connectivity index (χ4v) is 2.12. The Bertz CT molecular complexity index is 724. The highest BCUT2D eigenvalue weighted by molar-refractivity contribution is 6.31. The Labute approximate surface area is 124 Å². The van der Waals surface area contributed by atoms with Crippen LogP contribution in [0.4, 0.5) is 5.69 Å². The van der Waals surface area contributed by atoms with E-state index in [0.29, 0.717) is 11.7 Å². The van der Waals surface area contributed by atoms with Crippen LogP contribution in [0.25, 0.3) is 0 Å². The Morgan fingerprint density at radius 3 is 2.76 bits per heavy atom. The predicted octanol–water partition coefficient (Wildman–Crippen LogP) is 2.29. The van der Waals surface area contributed by atoms with Gasteiger partial charge in [0.2, 0.25) is 5.82 Å². The Morgan fingerprint density at radius 1 is 1.33 bits per heavy atom. The van der Waals surface area contributed by atoms with Crippen LogP contribution >= 0.6 is 11.6 Å². The summed E-state index contributed by atoms with van der Waals surface area (Å²) in [4.78, 5) is 27.1. The number of rotatable bonds is 4. The maximum absolute atomic E-state index is 12.0. The number of carboxylic acid groups (broad SMARTS) is 1. The van der Waals surface area contributed by atoms with Crippen molar-refractivity contribution in [1.29, 1.82) is 0 Å². The lowest BCUT2D eigenvalue weighted by atomic mass is 10.2. The number of benzene rings is 1. The van der Waals surface area contributed by atoms with Crippen molar-refractivity contribution in [2.75, 3.05) is 5.32 Å². The van der Waals surface area contributed by atoms with Crippen LogP contribution in [0.3, 0.4) is 0 Å². The number of nitrogens with one attached hydrogen (secondary N) is 2. The van der Waals surface area contributed by atoms with Crippen LogP contribution in [0.2, 0.25) is 5.02 Å². The van der Waals surface area contributed by atoms with Crippen LogP contribution in [-0.2, 0) is 0 Å². The normalized spacial score (nSPS) is 14.0. The molecule has 0 aliphatic heterocycles. The summed E-state index contributed by atoms with van der Waals surface area (Å²) in [6.07, 6.45) is 2.10. The van der Waals surface area contributed by atoms with Gasteiger partial charge in [0, 0.05) is 16.6 Å². The van der Waals surface area contributed by atoms with E-state index in [-0.39, 0.29) is 22.1 Å². The number of halogens is 1. The van der Waals surface area contributed by atoms with Crippen LogP contribution in [0, 0.1) is 0 Å². The third kappa shape index (κ3) is 3.03. The lowest BCUT2D eigenvalue weighted by molar-refractivity contribution is 0.0696. The first-order chi connectivity index (χ1) is 10.0. The highest BCUT2D eigenvalue weighted by atomic mass is 35.5. The standard InChI is InChI=1S/C13H11ClN4O3/c14-8-3-7(13(20)21)4-9(5-8)15-12(19)11-16-10(17-18-11)6-1-2-6/h3-6H,1-2H2,(H,15,19)(H,20,21)(H,16,17,18). The van der Waals surface area contributed by atoms with Gasteiger partial charge in [0.25, 0.3) is 5.91 Å². The number of aromatic amines is 1. The van der Waals surface area contributed by atoms with E-state index in [4.69, 9.17) is 16.7 Å². The zero-order chi connectivity index (χ0) is 15.0. The van der Waals surface area contributed by atoms with Gasteiger partial charge in [-0.15, -0.1) is 5.10 Å². The number of H-pyrrole nitrogens is 1. The molecule has 1 aromatic heterocycles. The van der Waals surface area contributed by atoms with Gasteiger partial charge in [0.15, 0.2) is 0 Å². The molecule has 3 N–H and O–H groups in total. The number of hydrogen-bond acceptors (Lipinski definition) is 4. The minimum absolute atomic E-state index is 0.00791. The molecule has 1 saturated carbocycles. The van der Waals surface area contributed by atoms with E-state index < -0.39 is 11.9 Å². The summed E-state index contributed by atoms with van der Waals surface area (Å²) < 4.78 is 0. The fourth-order valence-electron chi connectivity index (χ4n) is 1.89. The average Bonchev–Trinajstić information content (AvgIpc) is 3.15. The van der Waals surface area contributed by atoms with Gasteiger partial charge in [0.05, 0.1) is 5.56 Å². The maximum atomic E-state index is 12.0. The number of aromatic nitrogens is 3. The SMILES string of the molecule is O=C(O)c1cc(Cl)cc(NC(=O)c2n[nH]c(C3CC3)n2)c1. The molecule has 1 heterocycles. The molecule has 0 unspecified atom stereocenters. The first kappa shape index (κ1) is 13.6. The third-order valence-electron chi connectivity index (χ3n) is 3.07. The lowest BCUT2D eigenvalue weighted by Crippen LogP contribution is -2.14. The van der Waals surface area contributed by atoms with Crippen molar-refractivity contribution >= 4 is 29.2 Å². The molecule has 1 aliphatic carbocycles. The summed E-state index contributed by atoms with van der Waals surface area (Å²) in [6, 6.07) is 4.08. The molecular weight excluding hydrogens is 296 g/mol. The number of carbonyl (C=O) groups is 2. The summed E-state index contributed by atoms with van der Waals surface area (Å²) in [7, 11) is 0. The van der Waals surface area contributed by atoms with Gasteiger partial charge in [-0.05, 0) is 31.0 Å². The zero-order valence-electron chi connectivity index (χ0n) is 10.8. The second-order valence-electron chi connectivity index (χ2n) is 4.81. The minimum Gasteiger partial charge on any atom is -0.478 e. The summed E-state index contributed by atoms with van der Waals surface area (Å²) in [5.74, 6) is -0.547. The number of hydrogen-bond donors (Lipinski definition) is 3. The van der Waals surface area contributed by atoms with Crippen molar-refractivity contribution in [2.45, 2.75) is 18.8 Å². The second kappa shape index (κ2) is 5.17. The molecule has 0 bridgehead atoms. The van der Waals surface area contributed by atoms with E-state index >= 15 is 0 Å². The van der Waals surface area contributed by atoms with Crippen LogP contribution in [-0.4, -0.2) is 32.2 Å². The van der Waals surface area contributed by atoms with E-state index in [9.17, 15) is 9.59 Å². The fraction of sp³-hybridized carbons (Fsp3) is 0.231. The summed E-state index contributed by atoms with van der Waals surface area (Å²) in [6.45, 7) is 0. The van der Waals surface area contributed by atoms with E-state index in [0.717, 1.165) is 12.8 Å². The van der Waals surface area contributed by atoms with Crippen molar-refractivity contribution in [1.82, 2.24) is 15.2 Å². The molecule has 0 atom stereocenters. The van der Waals surface area contributed by atoms with Crippen LogP contribution in [0.1, 0.15) is 45.6 Å². The van der Waals surface area contributed by atoms with Gasteiger partial charge in [0.1, 0.15) is 5.82 Å². The maximum Gasteiger partial charge on any atom is 0.335 e. The van der Waals surface area contributed by atoms with Gasteiger partial charge >= 0.3 is 5.97 Å². The molecule has 0 saturated heterocycles. The van der Waals surface area contributed by atoms with Gasteiger partial charge in [-0.2, -0.15) is 0 Å². The van der Waals surface area contributed by atoms with E-state index in [1.165, 1.54) is 18.2 Å². The van der Waals surface area contributed by atoms with Crippen molar-refractivity contribution in [3.8, 4) is 0 Å². The number of carboxylic acids is 1. The summed E-state index contributed by atoms with van der Waals surface area (Å²) in [5, 5.41) is 18.3. The Morgan fingerprint density at radius 2 is 2.10 bits per heavy atom. The second-order valence-corrected chi connectivity index (χ2v) is 5.24. The average molecular weight is 307 g/mol. The van der Waals surface area contributed by atoms with E-state index in [1.807, 2.05) is 0 Å². The Kier molecular flexibility index (Phi) is 3.34. The van der Waals surface area contributed by atoms with E-state index in [1.54, 1.807) is 0 Å². The molecule has 1 aromatic carbocycles. The molecule has 108 valence electrons. The van der Waals surface area contributed by atoms with Crippen LogP contribution in [0.5, 0.6) is 0 Å². The number of aromatic carboxylic acids is 1. The van der Waals surface area contributed by atoms with Crippen molar-refractivity contribution in [3.05, 3.63) is 40.4 Å². The number of amides is 1. The van der Waals surface area contributed by atoms with Crippen molar-refractivity contribution < 1.29 is 14.7 Å². The minimum atomic E-state index is -1.12. The largest absolute Gasteiger partial charge is 0.478 e.